The molecule has 13 aromatic rings. The molecule has 0 aliphatic carbocycles. The summed E-state index contributed by atoms with van der Waals surface area (Å²) in [6.07, 6.45) is 0. The Bertz CT molecular complexity index is 3860. The first-order valence-corrected chi connectivity index (χ1v) is 21.4. The van der Waals surface area contributed by atoms with Gasteiger partial charge in [0, 0.05) is 43.1 Å². The van der Waals surface area contributed by atoms with Crippen molar-refractivity contribution in [3.8, 4) is 56.5 Å². The SMILES string of the molecule is c1ccc(-c2nc(-c3ccc(-c4ccc(-c5nc6ccccc6c6c5sc5ccccc56)c5ccccc45)cc3)nc(-c3ccc4ccc5cccc6ccc3c4c56)n2)cc1. The van der Waals surface area contributed by atoms with E-state index in [2.05, 4.69) is 176 Å². The summed E-state index contributed by atoms with van der Waals surface area (Å²) >= 11 is 1.83. The molecule has 0 radical (unpaired) electrons. The molecule has 5 heteroatoms. The Balaban J connectivity index is 0.945. The van der Waals surface area contributed by atoms with Gasteiger partial charge < -0.3 is 0 Å². The number of hydrogen-bond donors (Lipinski definition) is 0. The standard InChI is InChI=1S/C56H32N4S/c1-2-11-37(12-3-1)54-58-55(60-56(59-54)44-30-28-36-24-23-34-13-10-14-35-27-29-42(44)50(36)49(34)35)38-25-21-33(22-26-38)39-31-32-43(41-16-5-4-15-40(39)41)52-53-51(45-17-6-8-19-47(45)57-52)46-18-7-9-20-48(46)61-53/h1-32H. The van der Waals surface area contributed by atoms with Crippen LogP contribution in [0.2, 0.25) is 0 Å². The lowest BCUT2D eigenvalue weighted by molar-refractivity contribution is 1.08. The van der Waals surface area contributed by atoms with Gasteiger partial charge >= 0.3 is 0 Å². The van der Waals surface area contributed by atoms with Crippen molar-refractivity contribution in [2.75, 3.05) is 0 Å². The molecule has 61 heavy (non-hydrogen) atoms. The molecule has 0 saturated carbocycles. The summed E-state index contributed by atoms with van der Waals surface area (Å²) in [5.74, 6) is 1.94. The number of nitrogens with zero attached hydrogens (tertiary/aromatic N) is 4. The lowest BCUT2D eigenvalue weighted by Crippen LogP contribution is -2.00. The minimum atomic E-state index is 0.635. The molecule has 0 atom stereocenters. The van der Waals surface area contributed by atoms with Crippen LogP contribution in [0.3, 0.4) is 0 Å². The fourth-order valence-corrected chi connectivity index (χ4v) is 10.7. The fraction of sp³-hybridized carbons (Fsp3) is 0. The molecule has 0 spiro atoms. The van der Waals surface area contributed by atoms with Gasteiger partial charge in [-0.15, -0.1) is 11.3 Å². The Morgan fingerprint density at radius 3 is 1.64 bits per heavy atom. The highest BCUT2D eigenvalue weighted by Crippen LogP contribution is 2.45. The Morgan fingerprint density at radius 1 is 0.295 bits per heavy atom. The van der Waals surface area contributed by atoms with Crippen LogP contribution >= 0.6 is 11.3 Å². The molecular weight excluding hydrogens is 761 g/mol. The largest absolute Gasteiger partial charge is 0.246 e. The van der Waals surface area contributed by atoms with E-state index in [1.807, 2.05) is 29.5 Å². The van der Waals surface area contributed by atoms with Gasteiger partial charge in [-0.3, -0.25) is 0 Å². The van der Waals surface area contributed by atoms with E-state index in [1.165, 1.54) is 63.3 Å². The highest BCUT2D eigenvalue weighted by atomic mass is 32.1. The molecule has 0 N–H and O–H groups in total. The third-order valence-corrected chi connectivity index (χ3v) is 13.5. The van der Waals surface area contributed by atoms with E-state index in [9.17, 15) is 0 Å². The molecule has 4 nitrogen and oxygen atoms in total. The smallest absolute Gasteiger partial charge is 0.164 e. The quantitative estimate of drug-likeness (QED) is 0.163. The first-order chi connectivity index (χ1) is 30.2. The molecule has 282 valence electrons. The topological polar surface area (TPSA) is 51.6 Å². The Labute approximate surface area is 354 Å². The second-order valence-corrected chi connectivity index (χ2v) is 16.8. The maximum Gasteiger partial charge on any atom is 0.164 e. The maximum atomic E-state index is 5.35. The highest BCUT2D eigenvalue weighted by Gasteiger charge is 2.20. The normalized spacial score (nSPS) is 11.9. The second kappa shape index (κ2) is 13.3. The van der Waals surface area contributed by atoms with Crippen molar-refractivity contribution in [3.63, 3.8) is 0 Å². The van der Waals surface area contributed by atoms with Crippen molar-refractivity contribution in [2.24, 2.45) is 0 Å². The molecule has 0 fully saturated rings. The summed E-state index contributed by atoms with van der Waals surface area (Å²) < 4.78 is 2.49. The number of para-hydroxylation sites is 1. The van der Waals surface area contributed by atoms with Gasteiger partial charge in [0.05, 0.1) is 15.9 Å². The number of rotatable bonds is 5. The van der Waals surface area contributed by atoms with Crippen molar-refractivity contribution in [1.82, 2.24) is 19.9 Å². The predicted octanol–water partition coefficient (Wildman–Crippen LogP) is 15.2. The lowest BCUT2D eigenvalue weighted by atomic mass is 9.92. The van der Waals surface area contributed by atoms with Crippen LogP contribution < -0.4 is 0 Å². The summed E-state index contributed by atoms with van der Waals surface area (Å²) in [5.41, 5.74) is 8.31. The minimum Gasteiger partial charge on any atom is -0.246 e. The first-order valence-electron chi connectivity index (χ1n) is 20.5. The number of aromatic nitrogens is 4. The van der Waals surface area contributed by atoms with E-state index in [0.29, 0.717) is 17.5 Å². The zero-order chi connectivity index (χ0) is 40.0. The van der Waals surface area contributed by atoms with Crippen molar-refractivity contribution in [3.05, 3.63) is 194 Å². The zero-order valence-corrected chi connectivity index (χ0v) is 33.5. The van der Waals surface area contributed by atoms with Gasteiger partial charge in [-0.2, -0.15) is 0 Å². The molecule has 0 amide bonds. The number of fused-ring (bicyclic) bond motifs is 6. The maximum absolute atomic E-state index is 5.35. The van der Waals surface area contributed by atoms with Crippen molar-refractivity contribution in [2.45, 2.75) is 0 Å². The second-order valence-electron chi connectivity index (χ2n) is 15.7. The van der Waals surface area contributed by atoms with Crippen LogP contribution in [0.5, 0.6) is 0 Å². The fourth-order valence-electron chi connectivity index (χ4n) is 9.44. The van der Waals surface area contributed by atoms with Crippen LogP contribution in [0, 0.1) is 0 Å². The molecule has 10 aromatic carbocycles. The van der Waals surface area contributed by atoms with Gasteiger partial charge in [-0.25, -0.2) is 19.9 Å². The van der Waals surface area contributed by atoms with Crippen LogP contribution in [-0.4, -0.2) is 19.9 Å². The van der Waals surface area contributed by atoms with Crippen LogP contribution in [-0.2, 0) is 0 Å². The van der Waals surface area contributed by atoms with Crippen LogP contribution in [0.15, 0.2) is 194 Å². The van der Waals surface area contributed by atoms with Gasteiger partial charge in [0.2, 0.25) is 0 Å². The number of pyridine rings is 1. The van der Waals surface area contributed by atoms with Gasteiger partial charge in [0.1, 0.15) is 0 Å². The molecular formula is C56H32N4S. The highest BCUT2D eigenvalue weighted by molar-refractivity contribution is 7.26. The van der Waals surface area contributed by atoms with E-state index in [0.717, 1.165) is 50.0 Å². The van der Waals surface area contributed by atoms with E-state index < -0.39 is 0 Å². The van der Waals surface area contributed by atoms with Crippen molar-refractivity contribution < 1.29 is 0 Å². The average Bonchev–Trinajstić information content (AvgIpc) is 3.73. The lowest BCUT2D eigenvalue weighted by Gasteiger charge is -2.15. The Hall–Kier alpha value is -7.86. The third kappa shape index (κ3) is 5.31. The van der Waals surface area contributed by atoms with E-state index >= 15 is 0 Å². The van der Waals surface area contributed by atoms with Crippen LogP contribution in [0.1, 0.15) is 0 Å². The summed E-state index contributed by atoms with van der Waals surface area (Å²) in [6.45, 7) is 0. The van der Waals surface area contributed by atoms with E-state index in [-0.39, 0.29) is 0 Å². The molecule has 0 saturated heterocycles. The Morgan fingerprint density at radius 2 is 0.852 bits per heavy atom. The van der Waals surface area contributed by atoms with Gasteiger partial charge in [-0.05, 0) is 72.4 Å². The third-order valence-electron chi connectivity index (χ3n) is 12.3. The monoisotopic (exact) mass is 792 g/mol. The van der Waals surface area contributed by atoms with Crippen LogP contribution in [0.4, 0.5) is 0 Å². The molecule has 13 rings (SSSR count). The number of hydrogen-bond acceptors (Lipinski definition) is 5. The minimum absolute atomic E-state index is 0.635. The molecule has 0 unspecified atom stereocenters. The average molecular weight is 793 g/mol. The molecule has 3 heterocycles. The number of thiophene rings is 1. The predicted molar refractivity (Wildman–Crippen MR) is 256 cm³/mol. The zero-order valence-electron chi connectivity index (χ0n) is 32.7. The van der Waals surface area contributed by atoms with E-state index in [1.54, 1.807) is 0 Å². The van der Waals surface area contributed by atoms with E-state index in [4.69, 9.17) is 19.9 Å². The number of benzene rings is 10. The van der Waals surface area contributed by atoms with Crippen molar-refractivity contribution >= 4 is 85.5 Å². The molecule has 0 bridgehead atoms. The van der Waals surface area contributed by atoms with Gasteiger partial charge in [0.25, 0.3) is 0 Å². The Kier molecular flexibility index (Phi) is 7.44. The molecule has 3 aromatic heterocycles. The summed E-state index contributed by atoms with van der Waals surface area (Å²) in [4.78, 5) is 20.8. The van der Waals surface area contributed by atoms with Gasteiger partial charge in [0.15, 0.2) is 17.5 Å². The van der Waals surface area contributed by atoms with Crippen LogP contribution in [0.25, 0.3) is 131 Å². The van der Waals surface area contributed by atoms with Gasteiger partial charge in [-0.1, -0.05) is 176 Å². The molecule has 0 aliphatic heterocycles. The first kappa shape index (κ1) is 34.0. The summed E-state index contributed by atoms with van der Waals surface area (Å²) in [7, 11) is 0. The summed E-state index contributed by atoms with van der Waals surface area (Å²) in [5, 5.41) is 13.4. The molecule has 0 aliphatic rings. The van der Waals surface area contributed by atoms with Crippen molar-refractivity contribution in [1.29, 1.82) is 0 Å². The summed E-state index contributed by atoms with van der Waals surface area (Å²) in [6, 6.07) is 69.0.